The molecule has 310 valence electrons. The fraction of sp³-hybridized carbons (Fsp3) is 0.0625. The van der Waals surface area contributed by atoms with Crippen LogP contribution in [0.25, 0.3) is 77.6 Å². The Balaban J connectivity index is 1.04. The number of anilines is 3. The van der Waals surface area contributed by atoms with Crippen LogP contribution < -0.4 is 4.90 Å². The van der Waals surface area contributed by atoms with Crippen molar-refractivity contribution in [2.75, 3.05) is 4.90 Å². The van der Waals surface area contributed by atoms with Crippen molar-refractivity contribution < 1.29 is 4.42 Å². The lowest BCUT2D eigenvalue weighted by Crippen LogP contribution is -2.26. The Morgan fingerprint density at radius 3 is 1.65 bits per heavy atom. The summed E-state index contributed by atoms with van der Waals surface area (Å²) in [5.74, 6) is 0. The number of hydrogen-bond donors (Lipinski definition) is 0. The normalized spacial score (nSPS) is 15.6. The Morgan fingerprint density at radius 2 is 0.879 bits per heavy atom. The Morgan fingerprint density at radius 1 is 0.333 bits per heavy atom. The molecule has 14 rings (SSSR count). The minimum Gasteiger partial charge on any atom is -0.455 e. The van der Waals surface area contributed by atoms with Gasteiger partial charge in [-0.15, -0.1) is 0 Å². The van der Waals surface area contributed by atoms with E-state index in [0.717, 1.165) is 50.1 Å². The van der Waals surface area contributed by atoms with Crippen molar-refractivity contribution >= 4 is 39.0 Å². The molecule has 1 unspecified atom stereocenters. The second-order valence-corrected chi connectivity index (χ2v) is 18.7. The first kappa shape index (κ1) is 37.2. The third kappa shape index (κ3) is 4.91. The summed E-state index contributed by atoms with van der Waals surface area (Å²) in [6.07, 6.45) is 0. The first-order valence-electron chi connectivity index (χ1n) is 23.1. The molecule has 0 N–H and O–H groups in total. The minimum absolute atomic E-state index is 0.157. The van der Waals surface area contributed by atoms with Crippen LogP contribution in [0.3, 0.4) is 0 Å². The van der Waals surface area contributed by atoms with Crippen LogP contribution in [-0.2, 0) is 10.8 Å². The van der Waals surface area contributed by atoms with Crippen molar-refractivity contribution in [3.05, 3.63) is 258 Å². The van der Waals surface area contributed by atoms with E-state index < -0.39 is 5.41 Å². The first-order valence-corrected chi connectivity index (χ1v) is 23.1. The van der Waals surface area contributed by atoms with Gasteiger partial charge in [-0.25, -0.2) is 0 Å². The Bertz CT molecular complexity index is 3800. The lowest BCUT2D eigenvalue weighted by atomic mass is 9.70. The highest BCUT2D eigenvalue weighted by atomic mass is 16.3. The summed E-state index contributed by atoms with van der Waals surface area (Å²) in [5, 5.41) is 2.27. The summed E-state index contributed by atoms with van der Waals surface area (Å²) in [7, 11) is 0. The van der Waals surface area contributed by atoms with Gasteiger partial charge in [0, 0.05) is 44.3 Å². The Kier molecular flexibility index (Phi) is 7.70. The van der Waals surface area contributed by atoms with Crippen LogP contribution in [-0.4, -0.2) is 0 Å². The van der Waals surface area contributed by atoms with Gasteiger partial charge in [-0.05, 0) is 103 Å². The highest BCUT2D eigenvalue weighted by Crippen LogP contribution is 2.66. The second-order valence-electron chi connectivity index (χ2n) is 18.7. The van der Waals surface area contributed by atoms with E-state index in [-0.39, 0.29) is 5.41 Å². The molecule has 1 atom stereocenters. The van der Waals surface area contributed by atoms with Crippen molar-refractivity contribution in [3.8, 4) is 55.6 Å². The van der Waals surface area contributed by atoms with E-state index in [4.69, 9.17) is 4.42 Å². The number of nitrogens with zero attached hydrogens (tertiary/aromatic N) is 1. The number of fused-ring (bicyclic) bond motifs is 17. The zero-order chi connectivity index (χ0) is 43.7. The van der Waals surface area contributed by atoms with Gasteiger partial charge in [0.1, 0.15) is 11.2 Å². The Hall–Kier alpha value is -8.20. The summed E-state index contributed by atoms with van der Waals surface area (Å²) in [4.78, 5) is 2.52. The summed E-state index contributed by atoms with van der Waals surface area (Å²) >= 11 is 0. The van der Waals surface area contributed by atoms with Crippen molar-refractivity contribution in [1.82, 2.24) is 0 Å². The van der Waals surface area contributed by atoms with E-state index in [1.807, 2.05) is 0 Å². The maximum Gasteiger partial charge on any atom is 0.143 e. The summed E-state index contributed by atoms with van der Waals surface area (Å²) < 4.78 is 7.21. The van der Waals surface area contributed by atoms with Crippen LogP contribution in [0.4, 0.5) is 17.1 Å². The molecular formula is C64H43NO. The molecule has 1 heterocycles. The molecule has 0 amide bonds. The molecule has 2 nitrogen and oxygen atoms in total. The summed E-state index contributed by atoms with van der Waals surface area (Å²) in [6, 6.07) is 83.0. The van der Waals surface area contributed by atoms with Gasteiger partial charge in [-0.1, -0.05) is 208 Å². The molecule has 0 saturated carbocycles. The van der Waals surface area contributed by atoms with Gasteiger partial charge in [0.25, 0.3) is 0 Å². The molecule has 3 aliphatic carbocycles. The first-order chi connectivity index (χ1) is 32.5. The molecule has 2 heteroatoms. The lowest BCUT2D eigenvalue weighted by molar-refractivity contribution is 0.660. The number of benzene rings is 10. The Labute approximate surface area is 384 Å². The summed E-state index contributed by atoms with van der Waals surface area (Å²) in [5.41, 5.74) is 24.5. The van der Waals surface area contributed by atoms with Gasteiger partial charge in [-0.3, -0.25) is 0 Å². The van der Waals surface area contributed by atoms with Crippen molar-refractivity contribution in [2.45, 2.75) is 24.7 Å². The van der Waals surface area contributed by atoms with Crippen molar-refractivity contribution in [2.24, 2.45) is 0 Å². The number of rotatable bonds is 5. The monoisotopic (exact) mass is 841 g/mol. The van der Waals surface area contributed by atoms with Crippen LogP contribution in [0.15, 0.2) is 229 Å². The topological polar surface area (TPSA) is 16.4 Å². The molecule has 3 aliphatic rings. The smallest absolute Gasteiger partial charge is 0.143 e. The molecule has 0 radical (unpaired) electrons. The van der Waals surface area contributed by atoms with Crippen LogP contribution in [0.2, 0.25) is 0 Å². The van der Waals surface area contributed by atoms with E-state index in [1.165, 1.54) is 77.9 Å². The molecule has 11 aromatic rings. The van der Waals surface area contributed by atoms with Gasteiger partial charge in [0.15, 0.2) is 0 Å². The SMILES string of the molecule is CC1(C)c2ccccc2-c2ccc(N(c3cccc(-c4ccccc4)c3)c3cccc4c3-c3ccccc3C43c4ccccc4-c4c3ccc3c4oc4c(-c5ccccc5)cccc43)cc21. The fourth-order valence-corrected chi connectivity index (χ4v) is 12.2. The maximum atomic E-state index is 7.21. The fourth-order valence-electron chi connectivity index (χ4n) is 12.2. The molecule has 0 saturated heterocycles. The molecule has 10 aromatic carbocycles. The lowest BCUT2D eigenvalue weighted by Gasteiger charge is -2.32. The highest BCUT2D eigenvalue weighted by molar-refractivity contribution is 6.16. The average Bonchev–Trinajstić information content (AvgIpc) is 4.07. The molecule has 0 fully saturated rings. The van der Waals surface area contributed by atoms with Gasteiger partial charge < -0.3 is 9.32 Å². The van der Waals surface area contributed by atoms with Crippen LogP contribution in [0.1, 0.15) is 47.2 Å². The van der Waals surface area contributed by atoms with Crippen molar-refractivity contribution in [1.29, 1.82) is 0 Å². The maximum absolute atomic E-state index is 7.21. The van der Waals surface area contributed by atoms with Crippen LogP contribution >= 0.6 is 0 Å². The van der Waals surface area contributed by atoms with Crippen LogP contribution in [0, 0.1) is 0 Å². The predicted molar refractivity (Wildman–Crippen MR) is 273 cm³/mol. The largest absolute Gasteiger partial charge is 0.455 e. The third-order valence-corrected chi connectivity index (χ3v) is 15.1. The van der Waals surface area contributed by atoms with Gasteiger partial charge in [0.2, 0.25) is 0 Å². The highest BCUT2D eigenvalue weighted by Gasteiger charge is 2.53. The van der Waals surface area contributed by atoms with E-state index in [1.54, 1.807) is 0 Å². The van der Waals surface area contributed by atoms with E-state index in [9.17, 15) is 0 Å². The third-order valence-electron chi connectivity index (χ3n) is 15.1. The van der Waals surface area contributed by atoms with Gasteiger partial charge in [-0.2, -0.15) is 0 Å². The molecule has 0 bridgehead atoms. The zero-order valence-corrected chi connectivity index (χ0v) is 36.7. The standard InChI is InChI=1S/C64H43NO/c1-63(2)52-29-12-9-24-46(52)47-35-34-44(39-57(47)63)65(43-23-15-22-42(38-43)40-18-5-3-6-19-40)58-33-17-32-55-59(58)50-25-10-13-30-53(50)64(55)54-31-14-11-26-51(54)60-56(64)37-36-49-48-28-16-27-45(61(48)66-62(49)60)41-20-7-4-8-21-41/h3-39H,1-2H3. The van der Waals surface area contributed by atoms with Crippen molar-refractivity contribution in [3.63, 3.8) is 0 Å². The van der Waals surface area contributed by atoms with Gasteiger partial charge >= 0.3 is 0 Å². The van der Waals surface area contributed by atoms with E-state index in [0.29, 0.717) is 0 Å². The number of furan rings is 1. The van der Waals surface area contributed by atoms with Crippen LogP contribution in [0.5, 0.6) is 0 Å². The minimum atomic E-state index is -0.581. The van der Waals surface area contributed by atoms with E-state index in [2.05, 4.69) is 243 Å². The number of hydrogen-bond acceptors (Lipinski definition) is 2. The van der Waals surface area contributed by atoms with E-state index >= 15 is 0 Å². The average molecular weight is 842 g/mol. The number of para-hydroxylation sites is 1. The summed E-state index contributed by atoms with van der Waals surface area (Å²) in [6.45, 7) is 4.75. The quantitative estimate of drug-likeness (QED) is 0.172. The predicted octanol–water partition coefficient (Wildman–Crippen LogP) is 17.0. The molecule has 66 heavy (non-hydrogen) atoms. The molecular weight excluding hydrogens is 799 g/mol. The van der Waals surface area contributed by atoms with Gasteiger partial charge in [0.05, 0.1) is 11.1 Å². The second kappa shape index (κ2) is 13.7. The molecule has 1 aromatic heterocycles. The molecule has 1 spiro atoms. The molecule has 0 aliphatic heterocycles. The zero-order valence-electron chi connectivity index (χ0n) is 36.7.